The maximum Gasteiger partial charge on any atom is 0.248 e. The van der Waals surface area contributed by atoms with Crippen molar-refractivity contribution in [1.82, 2.24) is 14.2 Å². The lowest BCUT2D eigenvalue weighted by Crippen LogP contribution is -2.51. The van der Waals surface area contributed by atoms with Gasteiger partial charge in [0.15, 0.2) is 0 Å². The van der Waals surface area contributed by atoms with Gasteiger partial charge in [-0.25, -0.2) is 26.6 Å². The fourth-order valence-electron chi connectivity index (χ4n) is 4.90. The number of nitrogens with zero attached hydrogens (tertiary/aromatic N) is 4. The van der Waals surface area contributed by atoms with Crippen LogP contribution in [0.2, 0.25) is 0 Å². The number of hydrogen-bond acceptors (Lipinski definition) is 5. The predicted octanol–water partition coefficient (Wildman–Crippen LogP) is 3.76. The molecule has 1 amide bonds. The van der Waals surface area contributed by atoms with E-state index in [0.29, 0.717) is 12.2 Å². The number of pyridine rings is 1. The third kappa shape index (κ3) is 5.35. The molecule has 1 aromatic rings. The van der Waals surface area contributed by atoms with Crippen LogP contribution in [0.3, 0.4) is 0 Å². The number of aryl methyl sites for hydroxylation is 1. The maximum atomic E-state index is 14.6. The number of carbonyl (C=O) groups excluding carboxylic acids is 1. The highest BCUT2D eigenvalue weighted by molar-refractivity contribution is 7.89. The normalized spacial score (nSPS) is 23.9. The fraction of sp³-hybridized carbons (Fsp3) is 0.739. The van der Waals surface area contributed by atoms with E-state index in [2.05, 4.69) is 4.98 Å². The smallest absolute Gasteiger partial charge is 0.248 e. The highest BCUT2D eigenvalue weighted by Crippen LogP contribution is 2.37. The third-order valence-corrected chi connectivity index (χ3v) is 8.77. The zero-order valence-corrected chi connectivity index (χ0v) is 21.3. The highest BCUT2D eigenvalue weighted by atomic mass is 32.2. The number of amides is 1. The molecule has 2 aliphatic rings. The van der Waals surface area contributed by atoms with Gasteiger partial charge in [-0.15, -0.1) is 0 Å². The summed E-state index contributed by atoms with van der Waals surface area (Å²) in [4.78, 5) is 20.9. The third-order valence-electron chi connectivity index (χ3n) is 6.87. The molecule has 1 aliphatic carbocycles. The standard InChI is InChI=1S/C23H35F3N4O3S/c1-6-29(15(2)3)21-20(8-7-16(4)27-21)34(32,33)30-14-17(24)13-19(30)22(31)28(5)18-9-11-23(25,26)12-10-18/h7-8,15,17-19H,6,9-14H2,1-5H3/t17-,19-/m0/s1. The Hall–Kier alpha value is -1.88. The first-order chi connectivity index (χ1) is 15.8. The van der Waals surface area contributed by atoms with Crippen LogP contribution in [0.4, 0.5) is 19.0 Å². The van der Waals surface area contributed by atoms with Gasteiger partial charge in [0.25, 0.3) is 0 Å². The molecule has 0 radical (unpaired) electrons. The Kier molecular flexibility index (Phi) is 7.86. The van der Waals surface area contributed by atoms with Gasteiger partial charge in [0.1, 0.15) is 22.9 Å². The van der Waals surface area contributed by atoms with E-state index in [0.717, 1.165) is 4.31 Å². The molecule has 192 valence electrons. The summed E-state index contributed by atoms with van der Waals surface area (Å²) in [7, 11) is -2.77. The fourth-order valence-corrected chi connectivity index (χ4v) is 6.65. The van der Waals surface area contributed by atoms with E-state index in [-0.39, 0.29) is 48.9 Å². The number of likely N-dealkylation sites (N-methyl/N-ethyl adjacent to an activating group) is 1. The van der Waals surface area contributed by atoms with E-state index < -0.39 is 46.7 Å². The van der Waals surface area contributed by atoms with Crippen molar-refractivity contribution in [3.05, 3.63) is 17.8 Å². The number of aromatic nitrogens is 1. The Morgan fingerprint density at radius 1 is 1.26 bits per heavy atom. The zero-order valence-electron chi connectivity index (χ0n) is 20.5. The van der Waals surface area contributed by atoms with Crippen molar-refractivity contribution in [2.45, 2.75) is 94.9 Å². The van der Waals surface area contributed by atoms with Crippen molar-refractivity contribution in [2.24, 2.45) is 0 Å². The molecular formula is C23H35F3N4O3S. The van der Waals surface area contributed by atoms with E-state index in [9.17, 15) is 26.4 Å². The molecule has 0 N–H and O–H groups in total. The average Bonchev–Trinajstić information content (AvgIpc) is 3.15. The summed E-state index contributed by atoms with van der Waals surface area (Å²) in [6.45, 7) is 7.58. The molecule has 2 heterocycles. The molecule has 0 bridgehead atoms. The molecule has 0 unspecified atom stereocenters. The van der Waals surface area contributed by atoms with Crippen LogP contribution < -0.4 is 4.90 Å². The van der Waals surface area contributed by atoms with Crippen LogP contribution in [-0.4, -0.2) is 78.9 Å². The van der Waals surface area contributed by atoms with E-state index >= 15 is 0 Å². The Morgan fingerprint density at radius 3 is 2.44 bits per heavy atom. The molecule has 1 aromatic heterocycles. The van der Waals surface area contributed by atoms with Gasteiger partial charge in [-0.05, 0) is 52.7 Å². The van der Waals surface area contributed by atoms with Crippen molar-refractivity contribution in [1.29, 1.82) is 0 Å². The Morgan fingerprint density at radius 2 is 1.88 bits per heavy atom. The second-order valence-corrected chi connectivity index (χ2v) is 11.5. The highest BCUT2D eigenvalue weighted by Gasteiger charge is 2.47. The average molecular weight is 505 g/mol. The number of hydrogen-bond donors (Lipinski definition) is 0. The summed E-state index contributed by atoms with van der Waals surface area (Å²) in [5.74, 6) is -3.03. The van der Waals surface area contributed by atoms with Gasteiger partial charge in [0.2, 0.25) is 21.9 Å². The van der Waals surface area contributed by atoms with E-state index in [1.807, 2.05) is 25.7 Å². The van der Waals surface area contributed by atoms with Crippen LogP contribution in [0, 0.1) is 6.92 Å². The molecule has 2 fully saturated rings. The Labute approximate surface area is 200 Å². The Balaban J connectivity index is 1.93. The molecular weight excluding hydrogens is 469 g/mol. The summed E-state index contributed by atoms with van der Waals surface area (Å²) in [6, 6.07) is 1.35. The summed E-state index contributed by atoms with van der Waals surface area (Å²) in [5.41, 5.74) is 0.638. The maximum absolute atomic E-state index is 14.6. The second-order valence-electron chi connectivity index (χ2n) is 9.61. The van der Waals surface area contributed by atoms with Crippen LogP contribution in [0.1, 0.15) is 58.6 Å². The first kappa shape index (κ1) is 26.7. The minimum absolute atomic E-state index is 0.0336. The van der Waals surface area contributed by atoms with Crippen LogP contribution >= 0.6 is 0 Å². The lowest BCUT2D eigenvalue weighted by atomic mass is 9.91. The number of carbonyl (C=O) groups is 1. The summed E-state index contributed by atoms with van der Waals surface area (Å²) in [5, 5.41) is 0. The minimum Gasteiger partial charge on any atom is -0.353 e. The van der Waals surface area contributed by atoms with Crippen molar-refractivity contribution in [2.75, 3.05) is 25.0 Å². The largest absolute Gasteiger partial charge is 0.353 e. The van der Waals surface area contributed by atoms with Crippen LogP contribution in [0.25, 0.3) is 0 Å². The molecule has 1 aliphatic heterocycles. The molecule has 34 heavy (non-hydrogen) atoms. The van der Waals surface area contributed by atoms with Gasteiger partial charge < -0.3 is 9.80 Å². The number of anilines is 1. The SMILES string of the molecule is CCN(c1nc(C)ccc1S(=O)(=O)N1C[C@@H](F)C[C@H]1C(=O)N(C)C1CCC(F)(F)CC1)C(C)C. The van der Waals surface area contributed by atoms with Gasteiger partial charge in [-0.1, -0.05) is 0 Å². The molecule has 7 nitrogen and oxygen atoms in total. The molecule has 2 atom stereocenters. The van der Waals surface area contributed by atoms with Crippen molar-refractivity contribution in [3.63, 3.8) is 0 Å². The van der Waals surface area contributed by atoms with Crippen molar-refractivity contribution >= 4 is 21.7 Å². The van der Waals surface area contributed by atoms with Crippen molar-refractivity contribution in [3.8, 4) is 0 Å². The quantitative estimate of drug-likeness (QED) is 0.565. The van der Waals surface area contributed by atoms with Gasteiger partial charge in [-0.2, -0.15) is 4.31 Å². The molecule has 11 heteroatoms. The van der Waals surface area contributed by atoms with Gasteiger partial charge in [0, 0.05) is 57.2 Å². The van der Waals surface area contributed by atoms with Crippen LogP contribution in [0.15, 0.2) is 17.0 Å². The molecule has 3 rings (SSSR count). The molecule has 0 spiro atoms. The van der Waals surface area contributed by atoms with Gasteiger partial charge >= 0.3 is 0 Å². The monoisotopic (exact) mass is 504 g/mol. The Bertz CT molecular complexity index is 995. The molecule has 1 saturated carbocycles. The number of sulfonamides is 1. The number of halogens is 3. The number of rotatable bonds is 7. The minimum atomic E-state index is -4.26. The van der Waals surface area contributed by atoms with Gasteiger partial charge in [0.05, 0.1) is 0 Å². The van der Waals surface area contributed by atoms with Crippen molar-refractivity contribution < 1.29 is 26.4 Å². The topological polar surface area (TPSA) is 73.8 Å². The van der Waals surface area contributed by atoms with E-state index in [4.69, 9.17) is 0 Å². The molecule has 1 saturated heterocycles. The lowest BCUT2D eigenvalue weighted by molar-refractivity contribution is -0.138. The predicted molar refractivity (Wildman–Crippen MR) is 124 cm³/mol. The first-order valence-electron chi connectivity index (χ1n) is 11.8. The van der Waals surface area contributed by atoms with Crippen LogP contribution in [0.5, 0.6) is 0 Å². The summed E-state index contributed by atoms with van der Waals surface area (Å²) in [6.07, 6.45) is -2.16. The van der Waals surface area contributed by atoms with Gasteiger partial charge in [-0.3, -0.25) is 4.79 Å². The zero-order chi connectivity index (χ0) is 25.4. The van der Waals surface area contributed by atoms with Crippen LogP contribution in [-0.2, 0) is 14.8 Å². The summed E-state index contributed by atoms with van der Waals surface area (Å²) >= 11 is 0. The van der Waals surface area contributed by atoms with E-state index in [1.54, 1.807) is 13.0 Å². The van der Waals surface area contributed by atoms with E-state index in [1.165, 1.54) is 18.0 Å². The second kappa shape index (κ2) is 10.0. The molecule has 0 aromatic carbocycles. The first-order valence-corrected chi connectivity index (χ1v) is 13.3. The summed E-state index contributed by atoms with van der Waals surface area (Å²) < 4.78 is 70.2. The lowest BCUT2D eigenvalue weighted by Gasteiger charge is -2.37. The number of alkyl halides is 3.